The number of carbonyl (C=O) groups excluding carboxylic acids is 1. The molecule has 112 valence electrons. The van der Waals surface area contributed by atoms with E-state index in [-0.39, 0.29) is 5.91 Å². The summed E-state index contributed by atoms with van der Waals surface area (Å²) in [5.41, 5.74) is 2.32. The molecular formula is C15H21N5O. The third kappa shape index (κ3) is 2.51. The van der Waals surface area contributed by atoms with Gasteiger partial charge < -0.3 is 10.2 Å². The normalized spacial score (nSPS) is 19.2. The lowest BCUT2D eigenvalue weighted by Crippen LogP contribution is -2.47. The van der Waals surface area contributed by atoms with E-state index >= 15 is 0 Å². The van der Waals surface area contributed by atoms with Crippen LogP contribution in [0.5, 0.6) is 0 Å². The average Bonchev–Trinajstić information content (AvgIpc) is 2.87. The molecule has 0 radical (unpaired) electrons. The summed E-state index contributed by atoms with van der Waals surface area (Å²) in [5, 5.41) is 8.33. The number of piperidine rings is 1. The van der Waals surface area contributed by atoms with Gasteiger partial charge in [0.2, 0.25) is 0 Å². The van der Waals surface area contributed by atoms with Crippen LogP contribution in [0, 0.1) is 6.92 Å². The van der Waals surface area contributed by atoms with Gasteiger partial charge in [0.05, 0.1) is 17.1 Å². The van der Waals surface area contributed by atoms with Gasteiger partial charge in [0, 0.05) is 31.9 Å². The van der Waals surface area contributed by atoms with Crippen LogP contribution in [0.3, 0.4) is 0 Å². The van der Waals surface area contributed by atoms with Crippen LogP contribution < -0.4 is 5.32 Å². The second-order valence-corrected chi connectivity index (χ2v) is 5.70. The van der Waals surface area contributed by atoms with Gasteiger partial charge in [0.25, 0.3) is 5.91 Å². The van der Waals surface area contributed by atoms with Gasteiger partial charge in [-0.1, -0.05) is 0 Å². The van der Waals surface area contributed by atoms with Crippen molar-refractivity contribution >= 4 is 16.9 Å². The maximum atomic E-state index is 12.9. The van der Waals surface area contributed by atoms with E-state index in [0.29, 0.717) is 11.6 Å². The van der Waals surface area contributed by atoms with Crippen LogP contribution in [0.15, 0.2) is 12.3 Å². The van der Waals surface area contributed by atoms with E-state index in [0.717, 1.165) is 42.7 Å². The quantitative estimate of drug-likeness (QED) is 0.898. The number of fused-ring (bicyclic) bond motifs is 1. The zero-order valence-electron chi connectivity index (χ0n) is 12.8. The molecule has 2 aromatic heterocycles. The molecule has 1 aliphatic rings. The van der Waals surface area contributed by atoms with E-state index in [1.165, 1.54) is 0 Å². The summed E-state index contributed by atoms with van der Waals surface area (Å²) in [6.07, 6.45) is 3.89. The average molecular weight is 287 g/mol. The molecule has 0 saturated carbocycles. The minimum Gasteiger partial charge on any atom is -0.337 e. The third-order valence-electron chi connectivity index (χ3n) is 4.18. The standard InChI is InChI=1S/C15H21N5O/c1-10-7-12(13-8-17-19(3)14(13)18-10)15(21)20-6-4-5-11(9-20)16-2/h7-8,11,16H,4-6,9H2,1-3H3/t11-/m0/s1. The highest BCUT2D eigenvalue weighted by molar-refractivity contribution is 6.05. The molecule has 1 N–H and O–H groups in total. The van der Waals surface area contributed by atoms with Crippen molar-refractivity contribution in [2.24, 2.45) is 7.05 Å². The molecule has 0 aromatic carbocycles. The number of amides is 1. The highest BCUT2D eigenvalue weighted by Gasteiger charge is 2.25. The predicted molar refractivity (Wildman–Crippen MR) is 81.2 cm³/mol. The highest BCUT2D eigenvalue weighted by atomic mass is 16.2. The summed E-state index contributed by atoms with van der Waals surface area (Å²) in [6.45, 7) is 3.49. The van der Waals surface area contributed by atoms with E-state index in [4.69, 9.17) is 0 Å². The second-order valence-electron chi connectivity index (χ2n) is 5.70. The van der Waals surface area contributed by atoms with Crippen molar-refractivity contribution in [3.63, 3.8) is 0 Å². The molecule has 0 spiro atoms. The summed E-state index contributed by atoms with van der Waals surface area (Å²) < 4.78 is 1.71. The van der Waals surface area contributed by atoms with Gasteiger partial charge in [-0.15, -0.1) is 0 Å². The Balaban J connectivity index is 1.97. The summed E-state index contributed by atoms with van der Waals surface area (Å²) in [7, 11) is 3.80. The van der Waals surface area contributed by atoms with Crippen LogP contribution in [-0.4, -0.2) is 51.8 Å². The molecule has 1 saturated heterocycles. The van der Waals surface area contributed by atoms with E-state index in [9.17, 15) is 4.79 Å². The SMILES string of the molecule is CN[C@H]1CCCN(C(=O)c2cc(C)nc3c2cnn3C)C1. The fourth-order valence-corrected chi connectivity index (χ4v) is 2.98. The molecule has 0 aliphatic carbocycles. The first-order valence-corrected chi connectivity index (χ1v) is 7.36. The Bertz CT molecular complexity index is 678. The molecule has 0 unspecified atom stereocenters. The molecule has 3 heterocycles. The Morgan fingerprint density at radius 2 is 2.29 bits per heavy atom. The zero-order chi connectivity index (χ0) is 15.0. The number of likely N-dealkylation sites (tertiary alicyclic amines) is 1. The Hall–Kier alpha value is -1.95. The van der Waals surface area contributed by atoms with Crippen LogP contribution in [-0.2, 0) is 7.05 Å². The Morgan fingerprint density at radius 3 is 3.05 bits per heavy atom. The van der Waals surface area contributed by atoms with Crippen molar-refractivity contribution in [3.8, 4) is 0 Å². The van der Waals surface area contributed by atoms with Crippen molar-refractivity contribution in [3.05, 3.63) is 23.5 Å². The van der Waals surface area contributed by atoms with E-state index in [1.54, 1.807) is 10.9 Å². The van der Waals surface area contributed by atoms with E-state index in [2.05, 4.69) is 15.4 Å². The molecule has 21 heavy (non-hydrogen) atoms. The number of nitrogens with one attached hydrogen (secondary N) is 1. The maximum absolute atomic E-state index is 12.9. The minimum atomic E-state index is 0.0819. The largest absolute Gasteiger partial charge is 0.337 e. The fourth-order valence-electron chi connectivity index (χ4n) is 2.98. The van der Waals surface area contributed by atoms with Gasteiger partial charge >= 0.3 is 0 Å². The smallest absolute Gasteiger partial charge is 0.254 e. The number of nitrogens with zero attached hydrogens (tertiary/aromatic N) is 4. The fraction of sp³-hybridized carbons (Fsp3) is 0.533. The van der Waals surface area contributed by atoms with Crippen molar-refractivity contribution in [2.45, 2.75) is 25.8 Å². The number of rotatable bonds is 2. The van der Waals surface area contributed by atoms with E-state index < -0.39 is 0 Å². The summed E-state index contributed by atoms with van der Waals surface area (Å²) in [4.78, 5) is 19.3. The van der Waals surface area contributed by atoms with Gasteiger partial charge in [-0.3, -0.25) is 9.48 Å². The molecule has 6 nitrogen and oxygen atoms in total. The summed E-state index contributed by atoms with van der Waals surface area (Å²) >= 11 is 0. The Morgan fingerprint density at radius 1 is 1.48 bits per heavy atom. The van der Waals surface area contributed by atoms with Gasteiger partial charge in [0.15, 0.2) is 5.65 Å². The lowest BCUT2D eigenvalue weighted by Gasteiger charge is -2.32. The van der Waals surface area contributed by atoms with Crippen molar-refractivity contribution < 1.29 is 4.79 Å². The zero-order valence-corrected chi connectivity index (χ0v) is 12.8. The highest BCUT2D eigenvalue weighted by Crippen LogP contribution is 2.21. The summed E-state index contributed by atoms with van der Waals surface area (Å²) in [6, 6.07) is 2.25. The number of hydrogen-bond acceptors (Lipinski definition) is 4. The number of hydrogen-bond donors (Lipinski definition) is 1. The van der Waals surface area contributed by atoms with Crippen LogP contribution >= 0.6 is 0 Å². The van der Waals surface area contributed by atoms with Crippen molar-refractivity contribution in [1.29, 1.82) is 0 Å². The van der Waals surface area contributed by atoms with Gasteiger partial charge in [-0.25, -0.2) is 4.98 Å². The molecule has 1 amide bonds. The van der Waals surface area contributed by atoms with E-state index in [1.807, 2.05) is 32.0 Å². The number of carbonyl (C=O) groups is 1. The van der Waals surface area contributed by atoms with Gasteiger partial charge in [-0.05, 0) is 32.9 Å². The maximum Gasteiger partial charge on any atom is 0.254 e. The van der Waals surface area contributed by atoms with Crippen LogP contribution in [0.2, 0.25) is 0 Å². The third-order valence-corrected chi connectivity index (χ3v) is 4.18. The van der Waals surface area contributed by atoms with Crippen LogP contribution in [0.25, 0.3) is 11.0 Å². The van der Waals surface area contributed by atoms with Gasteiger partial charge in [-0.2, -0.15) is 5.10 Å². The first-order valence-electron chi connectivity index (χ1n) is 7.36. The molecule has 0 bridgehead atoms. The predicted octanol–water partition coefficient (Wildman–Crippen LogP) is 1.10. The number of aromatic nitrogens is 3. The minimum absolute atomic E-state index is 0.0819. The summed E-state index contributed by atoms with van der Waals surface area (Å²) in [5.74, 6) is 0.0819. The molecule has 2 aromatic rings. The topological polar surface area (TPSA) is 63.1 Å². The van der Waals surface area contributed by atoms with Crippen LogP contribution in [0.1, 0.15) is 28.9 Å². The lowest BCUT2D eigenvalue weighted by atomic mass is 10.0. The van der Waals surface area contributed by atoms with Crippen LogP contribution in [0.4, 0.5) is 0 Å². The molecule has 6 heteroatoms. The number of likely N-dealkylation sites (N-methyl/N-ethyl adjacent to an activating group) is 1. The first-order chi connectivity index (χ1) is 10.1. The Kier molecular flexibility index (Phi) is 3.63. The number of aryl methyl sites for hydroxylation is 2. The second kappa shape index (κ2) is 5.44. The monoisotopic (exact) mass is 287 g/mol. The molecular weight excluding hydrogens is 266 g/mol. The van der Waals surface area contributed by atoms with Crippen molar-refractivity contribution in [1.82, 2.24) is 25.0 Å². The number of pyridine rings is 1. The molecule has 1 aliphatic heterocycles. The lowest BCUT2D eigenvalue weighted by molar-refractivity contribution is 0.0700. The molecule has 1 fully saturated rings. The Labute approximate surface area is 124 Å². The van der Waals surface area contributed by atoms with Gasteiger partial charge in [0.1, 0.15) is 0 Å². The molecule has 1 atom stereocenters. The van der Waals surface area contributed by atoms with Crippen molar-refractivity contribution in [2.75, 3.05) is 20.1 Å². The molecule has 3 rings (SSSR count). The first kappa shape index (κ1) is 14.0.